The average Bonchev–Trinajstić information content (AvgIpc) is 2.52. The molecule has 9 heteroatoms. The molecule has 0 aromatic heterocycles. The minimum Gasteiger partial charge on any atom is -0.744 e. The predicted octanol–water partition coefficient (Wildman–Crippen LogP) is 2.02. The van der Waals surface area contributed by atoms with Crippen molar-refractivity contribution in [1.29, 1.82) is 0 Å². The summed E-state index contributed by atoms with van der Waals surface area (Å²) in [5, 5.41) is 1.28. The van der Waals surface area contributed by atoms with E-state index in [1.165, 1.54) is 12.2 Å². The van der Waals surface area contributed by atoms with Crippen LogP contribution < -0.4 is 0 Å². The molecule has 0 bridgehead atoms. The maximum atomic E-state index is 10.2. The second-order valence-corrected chi connectivity index (χ2v) is 6.93. The quantitative estimate of drug-likeness (QED) is 0.567. The average molecular weight is 406 g/mol. The SMILES string of the molecule is O=S(=O)([O-])C=Cc1ccccc1.O=S(=O)([O-])C=Cc1ccccc1.[Ca+2]. The number of hydrogen-bond acceptors (Lipinski definition) is 6. The van der Waals surface area contributed by atoms with Crippen LogP contribution in [0.2, 0.25) is 0 Å². The van der Waals surface area contributed by atoms with E-state index in [4.69, 9.17) is 0 Å². The maximum Gasteiger partial charge on any atom is 2.00 e. The fourth-order valence-electron chi connectivity index (χ4n) is 1.45. The van der Waals surface area contributed by atoms with Gasteiger partial charge in [0.25, 0.3) is 0 Å². The van der Waals surface area contributed by atoms with Crippen molar-refractivity contribution < 1.29 is 25.9 Å². The molecule has 0 amide bonds. The molecule has 2 aromatic rings. The molecule has 0 aliphatic carbocycles. The third-order valence-electron chi connectivity index (χ3n) is 2.45. The van der Waals surface area contributed by atoms with Gasteiger partial charge in [0, 0.05) is 10.8 Å². The van der Waals surface area contributed by atoms with E-state index in [1.807, 2.05) is 12.1 Å². The van der Waals surface area contributed by atoms with Gasteiger partial charge in [-0.25, -0.2) is 16.8 Å². The van der Waals surface area contributed by atoms with Crippen molar-refractivity contribution in [2.24, 2.45) is 0 Å². The fourth-order valence-corrected chi connectivity index (χ4v) is 2.10. The Balaban J connectivity index is 0.000000443. The van der Waals surface area contributed by atoms with Crippen molar-refractivity contribution in [2.75, 3.05) is 0 Å². The van der Waals surface area contributed by atoms with Gasteiger partial charge in [0.1, 0.15) is 20.2 Å². The van der Waals surface area contributed by atoms with Gasteiger partial charge in [-0.2, -0.15) is 0 Å². The molecule has 0 spiro atoms. The Hall–Kier alpha value is -1.00. The Kier molecular flexibility index (Phi) is 11.1. The van der Waals surface area contributed by atoms with Crippen LogP contribution in [0, 0.1) is 0 Å². The molecule has 128 valence electrons. The molecule has 0 saturated carbocycles. The molecule has 0 fully saturated rings. The van der Waals surface area contributed by atoms with Crippen LogP contribution >= 0.6 is 0 Å². The van der Waals surface area contributed by atoms with Crippen LogP contribution in [0.3, 0.4) is 0 Å². The first-order valence-electron chi connectivity index (χ1n) is 6.54. The summed E-state index contributed by atoms with van der Waals surface area (Å²) in [4.78, 5) is 0. The van der Waals surface area contributed by atoms with Crippen molar-refractivity contribution in [1.82, 2.24) is 0 Å². The van der Waals surface area contributed by atoms with Crippen molar-refractivity contribution in [3.8, 4) is 0 Å². The van der Waals surface area contributed by atoms with E-state index in [1.54, 1.807) is 48.5 Å². The van der Waals surface area contributed by atoms with Gasteiger partial charge in [-0.3, -0.25) is 0 Å². The van der Waals surface area contributed by atoms with Crippen molar-refractivity contribution in [3.05, 3.63) is 82.6 Å². The zero-order valence-corrected chi connectivity index (χ0v) is 16.9. The topological polar surface area (TPSA) is 114 Å². The van der Waals surface area contributed by atoms with E-state index >= 15 is 0 Å². The Bertz CT molecular complexity index is 813. The molecule has 0 aliphatic rings. The van der Waals surface area contributed by atoms with Gasteiger partial charge >= 0.3 is 37.7 Å². The van der Waals surface area contributed by atoms with E-state index in [2.05, 4.69) is 0 Å². The summed E-state index contributed by atoms with van der Waals surface area (Å²) in [7, 11) is -8.51. The smallest absolute Gasteiger partial charge is 0.744 e. The van der Waals surface area contributed by atoms with Crippen molar-refractivity contribution in [3.63, 3.8) is 0 Å². The van der Waals surface area contributed by atoms with Gasteiger partial charge in [-0.05, 0) is 23.3 Å². The zero-order valence-electron chi connectivity index (χ0n) is 13.1. The normalized spacial score (nSPS) is 11.6. The fraction of sp³-hybridized carbons (Fsp3) is 0. The van der Waals surface area contributed by atoms with Gasteiger partial charge in [0.15, 0.2) is 0 Å². The monoisotopic (exact) mass is 406 g/mol. The van der Waals surface area contributed by atoms with Gasteiger partial charge in [0.2, 0.25) is 0 Å². The van der Waals surface area contributed by atoms with Crippen LogP contribution in [0.15, 0.2) is 71.5 Å². The molecule has 0 atom stereocenters. The van der Waals surface area contributed by atoms with Crippen LogP contribution in [0.4, 0.5) is 0 Å². The summed E-state index contributed by atoms with van der Waals surface area (Å²) >= 11 is 0. The first kappa shape index (κ1) is 24.0. The molecule has 6 nitrogen and oxygen atoms in total. The Morgan fingerprint density at radius 3 is 1.12 bits per heavy atom. The van der Waals surface area contributed by atoms with E-state index in [9.17, 15) is 25.9 Å². The van der Waals surface area contributed by atoms with E-state index < -0.39 is 20.2 Å². The molecule has 0 radical (unpaired) electrons. The Labute approximate surface area is 177 Å². The number of hydrogen-bond donors (Lipinski definition) is 0. The molecular weight excluding hydrogens is 392 g/mol. The zero-order chi connectivity index (χ0) is 18.1. The molecular formula is C16H14CaO6S2. The Morgan fingerprint density at radius 1 is 0.600 bits per heavy atom. The summed E-state index contributed by atoms with van der Waals surface area (Å²) in [6, 6.07) is 17.5. The van der Waals surface area contributed by atoms with Crippen LogP contribution in [0.5, 0.6) is 0 Å². The number of benzene rings is 2. The maximum absolute atomic E-state index is 10.2. The summed E-state index contributed by atoms with van der Waals surface area (Å²) in [6.45, 7) is 0. The van der Waals surface area contributed by atoms with Crippen molar-refractivity contribution >= 4 is 70.1 Å². The van der Waals surface area contributed by atoms with E-state index in [-0.39, 0.29) is 37.7 Å². The second-order valence-electron chi connectivity index (χ2n) is 4.41. The van der Waals surface area contributed by atoms with Crippen molar-refractivity contribution in [2.45, 2.75) is 0 Å². The molecule has 2 aromatic carbocycles. The van der Waals surface area contributed by atoms with Gasteiger partial charge in [-0.15, -0.1) is 0 Å². The molecule has 0 N–H and O–H groups in total. The second kappa shape index (κ2) is 11.6. The standard InChI is InChI=1S/2C8H8O3S.Ca/c2*9-12(10,11)7-6-8-4-2-1-3-5-8;/h2*1-7H,(H,9,10,11);/q;;+2/p-2. The summed E-state index contributed by atoms with van der Waals surface area (Å²) in [6.07, 6.45) is 2.53. The van der Waals surface area contributed by atoms with Crippen LogP contribution in [-0.2, 0) is 20.2 Å². The van der Waals surface area contributed by atoms with Crippen LogP contribution in [-0.4, -0.2) is 63.7 Å². The van der Waals surface area contributed by atoms with E-state index in [0.717, 1.165) is 0 Å². The van der Waals surface area contributed by atoms with Gasteiger partial charge in [-0.1, -0.05) is 60.7 Å². The van der Waals surface area contributed by atoms with Gasteiger partial charge in [0.05, 0.1) is 0 Å². The molecule has 0 saturated heterocycles. The first-order valence-corrected chi connectivity index (χ1v) is 9.48. The summed E-state index contributed by atoms with van der Waals surface area (Å²) in [5.74, 6) is 0. The minimum absolute atomic E-state index is 0. The third-order valence-corrected chi connectivity index (χ3v) is 3.39. The number of rotatable bonds is 4. The summed E-state index contributed by atoms with van der Waals surface area (Å²) in [5.41, 5.74) is 1.38. The van der Waals surface area contributed by atoms with E-state index in [0.29, 0.717) is 21.9 Å². The van der Waals surface area contributed by atoms with Crippen LogP contribution in [0.25, 0.3) is 12.2 Å². The summed E-state index contributed by atoms with van der Waals surface area (Å²) < 4.78 is 61.0. The molecule has 25 heavy (non-hydrogen) atoms. The third kappa shape index (κ3) is 13.9. The molecule has 0 unspecified atom stereocenters. The largest absolute Gasteiger partial charge is 2.00 e. The first-order chi connectivity index (χ1) is 11.2. The predicted molar refractivity (Wildman–Crippen MR) is 96.1 cm³/mol. The molecule has 0 heterocycles. The molecule has 0 aliphatic heterocycles. The van der Waals surface area contributed by atoms with Gasteiger partial charge < -0.3 is 9.11 Å². The molecule has 2 rings (SSSR count). The minimum atomic E-state index is -4.25. The van der Waals surface area contributed by atoms with Crippen LogP contribution in [0.1, 0.15) is 11.1 Å². The Morgan fingerprint density at radius 2 is 0.880 bits per heavy atom.